The van der Waals surface area contributed by atoms with E-state index in [9.17, 15) is 27.7 Å². The van der Waals surface area contributed by atoms with Crippen molar-refractivity contribution in [3.63, 3.8) is 0 Å². The number of piperidine rings is 1. The SMILES string of the molecule is O=[N+]([O-])c1cc(F)c2c(N3CCC(C(F)(F)F)CC3)ccnc2c1. The van der Waals surface area contributed by atoms with Gasteiger partial charge in [0.05, 0.1) is 33.5 Å². The standard InChI is InChI=1S/C15H13F4N3O2/c16-11-7-10(22(23)24)8-12-14(11)13(1-4-20-12)21-5-2-9(3-6-21)15(17,18)19/h1,4,7-9H,2-3,5-6H2. The fourth-order valence-corrected chi connectivity index (χ4v) is 3.02. The van der Waals surface area contributed by atoms with Crippen LogP contribution in [0.4, 0.5) is 28.9 Å². The lowest BCUT2D eigenvalue weighted by Gasteiger charge is -2.34. The molecule has 2 heterocycles. The number of fused-ring (bicyclic) bond motifs is 1. The molecule has 1 fully saturated rings. The van der Waals surface area contributed by atoms with E-state index in [1.165, 1.54) is 12.3 Å². The minimum atomic E-state index is -4.22. The molecule has 2 aromatic rings. The Labute approximate surface area is 134 Å². The number of nitrogens with zero attached hydrogens (tertiary/aromatic N) is 3. The molecule has 9 heteroatoms. The average molecular weight is 343 g/mol. The van der Waals surface area contributed by atoms with Crippen LogP contribution in [0.2, 0.25) is 0 Å². The Kier molecular flexibility index (Phi) is 4.02. The third kappa shape index (κ3) is 2.98. The third-order valence-electron chi connectivity index (χ3n) is 4.27. The van der Waals surface area contributed by atoms with Crippen LogP contribution in [0.5, 0.6) is 0 Å². The second-order valence-electron chi connectivity index (χ2n) is 5.71. The van der Waals surface area contributed by atoms with E-state index >= 15 is 0 Å². The summed E-state index contributed by atoms with van der Waals surface area (Å²) in [4.78, 5) is 15.7. The molecule has 1 saturated heterocycles. The Morgan fingerprint density at radius 1 is 1.25 bits per heavy atom. The van der Waals surface area contributed by atoms with Crippen LogP contribution in [-0.2, 0) is 0 Å². The van der Waals surface area contributed by atoms with E-state index in [0.717, 1.165) is 12.1 Å². The lowest BCUT2D eigenvalue weighted by atomic mass is 9.95. The molecule has 5 nitrogen and oxygen atoms in total. The molecule has 1 aliphatic rings. The van der Waals surface area contributed by atoms with Crippen LogP contribution >= 0.6 is 0 Å². The van der Waals surface area contributed by atoms with Crippen LogP contribution in [-0.4, -0.2) is 29.2 Å². The topological polar surface area (TPSA) is 59.3 Å². The zero-order valence-electron chi connectivity index (χ0n) is 12.4. The number of nitro benzene ring substituents is 1. The smallest absolute Gasteiger partial charge is 0.371 e. The van der Waals surface area contributed by atoms with Crippen molar-refractivity contribution >= 4 is 22.3 Å². The minimum absolute atomic E-state index is 0.0675. The van der Waals surface area contributed by atoms with Gasteiger partial charge in [-0.25, -0.2) is 4.39 Å². The van der Waals surface area contributed by atoms with Crippen molar-refractivity contribution in [2.45, 2.75) is 19.0 Å². The number of nitro groups is 1. The first kappa shape index (κ1) is 16.4. The molecule has 0 atom stereocenters. The monoisotopic (exact) mass is 343 g/mol. The van der Waals surface area contributed by atoms with Crippen molar-refractivity contribution in [3.8, 4) is 0 Å². The highest BCUT2D eigenvalue weighted by Crippen LogP contribution is 2.37. The maximum atomic E-state index is 14.3. The van der Waals surface area contributed by atoms with Gasteiger partial charge in [-0.1, -0.05) is 0 Å². The molecule has 0 N–H and O–H groups in total. The molecule has 0 aliphatic carbocycles. The number of non-ortho nitro benzene ring substituents is 1. The van der Waals surface area contributed by atoms with E-state index in [1.807, 2.05) is 0 Å². The van der Waals surface area contributed by atoms with Crippen LogP contribution in [0.25, 0.3) is 10.9 Å². The summed E-state index contributed by atoms with van der Waals surface area (Å²) in [5, 5.41) is 10.9. The van der Waals surface area contributed by atoms with E-state index in [4.69, 9.17) is 0 Å². The van der Waals surface area contributed by atoms with Crippen LogP contribution in [0.3, 0.4) is 0 Å². The molecule has 0 amide bonds. The van der Waals surface area contributed by atoms with Gasteiger partial charge in [0.15, 0.2) is 0 Å². The molecular weight excluding hydrogens is 330 g/mol. The highest BCUT2D eigenvalue weighted by atomic mass is 19.4. The molecule has 24 heavy (non-hydrogen) atoms. The molecule has 128 valence electrons. The minimum Gasteiger partial charge on any atom is -0.371 e. The molecule has 0 radical (unpaired) electrons. The number of benzene rings is 1. The van der Waals surface area contributed by atoms with E-state index < -0.39 is 28.5 Å². The number of hydrogen-bond acceptors (Lipinski definition) is 4. The van der Waals surface area contributed by atoms with Crippen molar-refractivity contribution in [1.82, 2.24) is 4.98 Å². The van der Waals surface area contributed by atoms with Gasteiger partial charge in [0.1, 0.15) is 5.82 Å². The molecule has 1 aliphatic heterocycles. The second kappa shape index (κ2) is 5.88. The molecule has 1 aromatic carbocycles. The fourth-order valence-electron chi connectivity index (χ4n) is 3.02. The van der Waals surface area contributed by atoms with Crippen LogP contribution in [0.15, 0.2) is 24.4 Å². The Morgan fingerprint density at radius 3 is 2.50 bits per heavy atom. The zero-order chi connectivity index (χ0) is 17.5. The van der Waals surface area contributed by atoms with Gasteiger partial charge in [0.2, 0.25) is 0 Å². The number of aromatic nitrogens is 1. The van der Waals surface area contributed by atoms with Crippen molar-refractivity contribution in [1.29, 1.82) is 0 Å². The number of pyridine rings is 1. The highest BCUT2D eigenvalue weighted by Gasteiger charge is 2.41. The van der Waals surface area contributed by atoms with Crippen LogP contribution in [0.1, 0.15) is 12.8 Å². The van der Waals surface area contributed by atoms with Gasteiger partial charge in [-0.05, 0) is 18.9 Å². The predicted molar refractivity (Wildman–Crippen MR) is 79.3 cm³/mol. The molecule has 0 unspecified atom stereocenters. The first-order valence-electron chi connectivity index (χ1n) is 7.31. The molecule has 1 aromatic heterocycles. The Bertz CT molecular complexity index is 786. The molecule has 0 bridgehead atoms. The molecule has 3 rings (SSSR count). The van der Waals surface area contributed by atoms with Crippen LogP contribution < -0.4 is 4.90 Å². The Morgan fingerprint density at radius 2 is 1.92 bits per heavy atom. The summed E-state index contributed by atoms with van der Waals surface area (Å²) in [6, 6.07) is 3.48. The average Bonchev–Trinajstić information content (AvgIpc) is 2.53. The van der Waals surface area contributed by atoms with Crippen molar-refractivity contribution in [2.24, 2.45) is 5.92 Å². The summed E-state index contributed by atoms with van der Waals surface area (Å²) in [7, 11) is 0. The summed E-state index contributed by atoms with van der Waals surface area (Å²) < 4.78 is 52.6. The summed E-state index contributed by atoms with van der Waals surface area (Å²) >= 11 is 0. The van der Waals surface area contributed by atoms with Crippen molar-refractivity contribution in [3.05, 3.63) is 40.3 Å². The first-order valence-corrected chi connectivity index (χ1v) is 7.31. The normalized spacial score (nSPS) is 16.6. The largest absolute Gasteiger partial charge is 0.391 e. The number of halogens is 4. The van der Waals surface area contributed by atoms with Gasteiger partial charge in [-0.15, -0.1) is 0 Å². The van der Waals surface area contributed by atoms with E-state index in [-0.39, 0.29) is 36.8 Å². The first-order chi connectivity index (χ1) is 11.3. The summed E-state index contributed by atoms with van der Waals surface area (Å²) in [5.74, 6) is -2.16. The number of hydrogen-bond donors (Lipinski definition) is 0. The summed E-state index contributed by atoms with van der Waals surface area (Å²) in [6.45, 7) is 0.277. The van der Waals surface area contributed by atoms with Gasteiger partial charge in [0, 0.05) is 25.4 Å². The van der Waals surface area contributed by atoms with Gasteiger partial charge < -0.3 is 4.90 Å². The Hall–Kier alpha value is -2.45. The van der Waals surface area contributed by atoms with Gasteiger partial charge in [-0.3, -0.25) is 15.1 Å². The second-order valence-corrected chi connectivity index (χ2v) is 5.71. The lowest BCUT2D eigenvalue weighted by Crippen LogP contribution is -2.39. The number of alkyl halides is 3. The Balaban J connectivity index is 1.95. The predicted octanol–water partition coefficient (Wildman–Crippen LogP) is 4.06. The summed E-state index contributed by atoms with van der Waals surface area (Å²) in [6.07, 6.45) is -2.99. The fraction of sp³-hybridized carbons (Fsp3) is 0.400. The lowest BCUT2D eigenvalue weighted by molar-refractivity contribution is -0.384. The van der Waals surface area contributed by atoms with Crippen molar-refractivity contribution in [2.75, 3.05) is 18.0 Å². The van der Waals surface area contributed by atoms with Crippen molar-refractivity contribution < 1.29 is 22.5 Å². The zero-order valence-corrected chi connectivity index (χ0v) is 12.4. The van der Waals surface area contributed by atoms with E-state index in [2.05, 4.69) is 4.98 Å². The molecule has 0 saturated carbocycles. The van der Waals surface area contributed by atoms with Gasteiger partial charge in [-0.2, -0.15) is 13.2 Å². The number of rotatable bonds is 2. The maximum Gasteiger partial charge on any atom is 0.391 e. The van der Waals surface area contributed by atoms with Gasteiger partial charge in [0.25, 0.3) is 5.69 Å². The van der Waals surface area contributed by atoms with Gasteiger partial charge >= 0.3 is 6.18 Å². The highest BCUT2D eigenvalue weighted by molar-refractivity contribution is 5.93. The third-order valence-corrected chi connectivity index (χ3v) is 4.27. The molecule has 0 spiro atoms. The quantitative estimate of drug-likeness (QED) is 0.469. The molecular formula is C15H13F4N3O2. The van der Waals surface area contributed by atoms with E-state index in [1.54, 1.807) is 4.90 Å². The van der Waals surface area contributed by atoms with Crippen LogP contribution in [0, 0.1) is 21.8 Å². The van der Waals surface area contributed by atoms with E-state index in [0.29, 0.717) is 5.69 Å². The summed E-state index contributed by atoms with van der Waals surface area (Å²) in [5.41, 5.74) is 0.102. The maximum absolute atomic E-state index is 14.3. The number of anilines is 1.